The van der Waals surface area contributed by atoms with Crippen molar-refractivity contribution in [3.8, 4) is 11.5 Å². The number of nitrogens with zero attached hydrogens (tertiary/aromatic N) is 3. The first-order valence-corrected chi connectivity index (χ1v) is 8.32. The first kappa shape index (κ1) is 17.7. The van der Waals surface area contributed by atoms with Crippen molar-refractivity contribution in [2.45, 2.75) is 19.8 Å². The molecule has 0 aliphatic carbocycles. The molecule has 2 aromatic rings. The van der Waals surface area contributed by atoms with Crippen molar-refractivity contribution in [2.24, 2.45) is 0 Å². The number of rotatable bonds is 7. The molecule has 1 amide bonds. The van der Waals surface area contributed by atoms with Crippen LogP contribution >= 0.6 is 0 Å². The number of aryl methyl sites for hydroxylation is 1. The predicted octanol–water partition coefficient (Wildman–Crippen LogP) is 2.88. The number of carbonyl (C=O) groups is 1. The molecule has 0 radical (unpaired) electrons. The summed E-state index contributed by atoms with van der Waals surface area (Å²) < 4.78 is 11.0. The maximum atomic E-state index is 12.1. The monoisotopic (exact) mass is 357 g/mol. The lowest BCUT2D eigenvalue weighted by Gasteiger charge is -2.25. The lowest BCUT2D eigenvalue weighted by atomic mass is 10.2. The zero-order valence-electron chi connectivity index (χ0n) is 14.4. The molecular weight excluding hydrogens is 338 g/mol. The van der Waals surface area contributed by atoms with Gasteiger partial charge in [-0.15, -0.1) is 0 Å². The average Bonchev–Trinajstić information content (AvgIpc) is 2.62. The van der Waals surface area contributed by atoms with Crippen LogP contribution in [0.1, 0.15) is 18.4 Å². The first-order chi connectivity index (χ1) is 12.5. The molecule has 1 aliphatic rings. The maximum absolute atomic E-state index is 12.1. The molecule has 0 fully saturated rings. The number of anilines is 1. The van der Waals surface area contributed by atoms with Crippen LogP contribution in [0.2, 0.25) is 0 Å². The molecule has 0 unspecified atom stereocenters. The summed E-state index contributed by atoms with van der Waals surface area (Å²) in [5.74, 6) is 0.830. The van der Waals surface area contributed by atoms with Crippen molar-refractivity contribution in [1.29, 1.82) is 0 Å². The number of hydrogen-bond acceptors (Lipinski definition) is 6. The standard InChI is InChI=1S/C18H19N3O5/c1-13-5-4-6-14(11-13)25-10-3-2-9-20-17(22)12-26-15-7-8-16(21(23)24)19-18(15)20/h4-8,11H,2-3,9-10,12H2,1H3. The van der Waals surface area contributed by atoms with E-state index in [1.54, 1.807) is 0 Å². The number of amides is 1. The average molecular weight is 357 g/mol. The zero-order valence-corrected chi connectivity index (χ0v) is 14.4. The van der Waals surface area contributed by atoms with E-state index in [1.807, 2.05) is 31.2 Å². The number of aromatic nitrogens is 1. The van der Waals surface area contributed by atoms with Gasteiger partial charge >= 0.3 is 5.82 Å². The molecule has 136 valence electrons. The van der Waals surface area contributed by atoms with Crippen LogP contribution in [0.3, 0.4) is 0 Å². The number of nitro groups is 1. The van der Waals surface area contributed by atoms with Crippen LogP contribution in [-0.2, 0) is 4.79 Å². The molecule has 0 saturated carbocycles. The van der Waals surface area contributed by atoms with Crippen LogP contribution in [0.5, 0.6) is 11.5 Å². The third kappa shape index (κ3) is 4.08. The van der Waals surface area contributed by atoms with Gasteiger partial charge in [-0.3, -0.25) is 9.69 Å². The lowest BCUT2D eigenvalue weighted by molar-refractivity contribution is -0.389. The van der Waals surface area contributed by atoms with Crippen LogP contribution in [0.15, 0.2) is 36.4 Å². The highest BCUT2D eigenvalue weighted by Gasteiger charge is 2.31. The predicted molar refractivity (Wildman–Crippen MR) is 94.6 cm³/mol. The van der Waals surface area contributed by atoms with E-state index >= 15 is 0 Å². The number of carbonyl (C=O) groups excluding carboxylic acids is 1. The number of benzene rings is 1. The summed E-state index contributed by atoms with van der Waals surface area (Å²) in [6.45, 7) is 2.84. The van der Waals surface area contributed by atoms with E-state index in [9.17, 15) is 14.9 Å². The van der Waals surface area contributed by atoms with E-state index in [2.05, 4.69) is 4.98 Å². The minimum Gasteiger partial charge on any atom is -0.494 e. The fourth-order valence-electron chi connectivity index (χ4n) is 2.67. The second-order valence-corrected chi connectivity index (χ2v) is 5.95. The van der Waals surface area contributed by atoms with Gasteiger partial charge in [0.05, 0.1) is 6.61 Å². The number of ether oxygens (including phenoxy) is 2. The molecule has 1 aliphatic heterocycles. The van der Waals surface area contributed by atoms with Crippen LogP contribution in [-0.4, -0.2) is 35.6 Å². The van der Waals surface area contributed by atoms with Crippen molar-refractivity contribution in [3.63, 3.8) is 0 Å². The van der Waals surface area contributed by atoms with Crippen molar-refractivity contribution in [2.75, 3.05) is 24.7 Å². The van der Waals surface area contributed by atoms with E-state index in [0.717, 1.165) is 17.7 Å². The molecule has 2 heterocycles. The Balaban J connectivity index is 1.57. The minimum absolute atomic E-state index is 0.0910. The third-order valence-corrected chi connectivity index (χ3v) is 3.95. The van der Waals surface area contributed by atoms with Gasteiger partial charge in [0, 0.05) is 12.6 Å². The van der Waals surface area contributed by atoms with E-state index in [-0.39, 0.29) is 24.1 Å². The first-order valence-electron chi connectivity index (χ1n) is 8.32. The largest absolute Gasteiger partial charge is 0.494 e. The van der Waals surface area contributed by atoms with Crippen molar-refractivity contribution < 1.29 is 19.2 Å². The number of unbranched alkanes of at least 4 members (excludes halogenated alkanes) is 1. The molecule has 8 nitrogen and oxygen atoms in total. The van der Waals surface area contributed by atoms with Gasteiger partial charge in [-0.05, 0) is 53.4 Å². The summed E-state index contributed by atoms with van der Waals surface area (Å²) >= 11 is 0. The highest BCUT2D eigenvalue weighted by molar-refractivity contribution is 5.96. The molecule has 26 heavy (non-hydrogen) atoms. The van der Waals surface area contributed by atoms with E-state index in [1.165, 1.54) is 17.0 Å². The van der Waals surface area contributed by atoms with Gasteiger partial charge in [-0.1, -0.05) is 12.1 Å². The Bertz CT molecular complexity index is 824. The summed E-state index contributed by atoms with van der Waals surface area (Å²) in [5, 5.41) is 10.9. The Hall–Kier alpha value is -3.16. The van der Waals surface area contributed by atoms with Gasteiger partial charge in [0.2, 0.25) is 0 Å². The van der Waals surface area contributed by atoms with Gasteiger partial charge in [0.15, 0.2) is 12.4 Å². The van der Waals surface area contributed by atoms with Crippen molar-refractivity contribution in [1.82, 2.24) is 4.98 Å². The maximum Gasteiger partial charge on any atom is 0.366 e. The van der Waals surface area contributed by atoms with Crippen LogP contribution in [0, 0.1) is 17.0 Å². The number of fused-ring (bicyclic) bond motifs is 1. The molecule has 0 bridgehead atoms. The zero-order chi connectivity index (χ0) is 18.5. The number of pyridine rings is 1. The Morgan fingerprint density at radius 2 is 2.15 bits per heavy atom. The second-order valence-electron chi connectivity index (χ2n) is 5.95. The van der Waals surface area contributed by atoms with Crippen LogP contribution in [0.4, 0.5) is 11.6 Å². The third-order valence-electron chi connectivity index (χ3n) is 3.95. The molecule has 3 rings (SSSR count). The van der Waals surface area contributed by atoms with E-state index in [4.69, 9.17) is 9.47 Å². The van der Waals surface area contributed by atoms with Gasteiger partial charge in [-0.2, -0.15) is 0 Å². The highest BCUT2D eigenvalue weighted by Crippen LogP contribution is 2.32. The molecule has 0 N–H and O–H groups in total. The van der Waals surface area contributed by atoms with Crippen LogP contribution < -0.4 is 14.4 Å². The van der Waals surface area contributed by atoms with Gasteiger partial charge in [0.25, 0.3) is 11.7 Å². The SMILES string of the molecule is Cc1cccc(OCCCCN2C(=O)COc3ccc([N+](=O)[O-])nc32)c1. The van der Waals surface area contributed by atoms with Gasteiger partial charge in [0.1, 0.15) is 5.75 Å². The fourth-order valence-corrected chi connectivity index (χ4v) is 2.67. The van der Waals surface area contributed by atoms with Crippen molar-refractivity contribution in [3.05, 3.63) is 52.1 Å². The Morgan fingerprint density at radius 1 is 1.31 bits per heavy atom. The van der Waals surface area contributed by atoms with Gasteiger partial charge in [-0.25, -0.2) is 0 Å². The molecule has 0 spiro atoms. The summed E-state index contributed by atoms with van der Waals surface area (Å²) in [4.78, 5) is 27.8. The van der Waals surface area contributed by atoms with E-state index < -0.39 is 4.92 Å². The van der Waals surface area contributed by atoms with Crippen molar-refractivity contribution >= 4 is 17.5 Å². The highest BCUT2D eigenvalue weighted by atomic mass is 16.6. The molecule has 0 atom stereocenters. The van der Waals surface area contributed by atoms with E-state index in [0.29, 0.717) is 25.3 Å². The Morgan fingerprint density at radius 3 is 2.92 bits per heavy atom. The smallest absolute Gasteiger partial charge is 0.366 e. The normalized spacial score (nSPS) is 13.1. The quantitative estimate of drug-likeness (QED) is 0.430. The fraction of sp³-hybridized carbons (Fsp3) is 0.333. The number of hydrogen-bond donors (Lipinski definition) is 0. The molecular formula is C18H19N3O5. The Labute approximate surface area is 150 Å². The summed E-state index contributed by atoms with van der Waals surface area (Å²) in [6.07, 6.45) is 1.42. The lowest BCUT2D eigenvalue weighted by Crippen LogP contribution is -2.40. The summed E-state index contributed by atoms with van der Waals surface area (Å²) in [5.41, 5.74) is 1.13. The Kier molecular flexibility index (Phi) is 5.31. The van der Waals surface area contributed by atoms with Gasteiger partial charge < -0.3 is 19.6 Å². The second kappa shape index (κ2) is 7.81. The summed E-state index contributed by atoms with van der Waals surface area (Å²) in [7, 11) is 0. The molecule has 8 heteroatoms. The molecule has 1 aromatic carbocycles. The molecule has 0 saturated heterocycles. The minimum atomic E-state index is -0.590. The van der Waals surface area contributed by atoms with Crippen LogP contribution in [0.25, 0.3) is 0 Å². The molecule has 1 aromatic heterocycles. The summed E-state index contributed by atoms with van der Waals surface area (Å²) in [6, 6.07) is 10.5. The topological polar surface area (TPSA) is 94.8 Å².